The van der Waals surface area contributed by atoms with E-state index < -0.39 is 4.92 Å². The number of nitrogens with zero attached hydrogens (tertiary/aromatic N) is 4. The standard InChI is InChI=1S/C15H12N4O2/c1-11-6-5-9-13(19(20)21)14(11)15-17-16-10-18(15)12-7-3-2-4-8-12/h2-10H,1H3. The van der Waals surface area contributed by atoms with E-state index in [1.807, 2.05) is 43.3 Å². The maximum Gasteiger partial charge on any atom is 0.280 e. The molecule has 0 atom stereocenters. The molecule has 0 aliphatic rings. The van der Waals surface area contributed by atoms with Crippen molar-refractivity contribution in [1.29, 1.82) is 0 Å². The van der Waals surface area contributed by atoms with Gasteiger partial charge in [0.2, 0.25) is 0 Å². The molecule has 0 bridgehead atoms. The maximum atomic E-state index is 11.3. The van der Waals surface area contributed by atoms with E-state index in [4.69, 9.17) is 0 Å². The molecule has 0 saturated carbocycles. The van der Waals surface area contributed by atoms with E-state index >= 15 is 0 Å². The number of hydrogen-bond acceptors (Lipinski definition) is 4. The Hall–Kier alpha value is -3.02. The van der Waals surface area contributed by atoms with Crippen LogP contribution in [0.2, 0.25) is 0 Å². The smallest absolute Gasteiger partial charge is 0.280 e. The zero-order valence-electron chi connectivity index (χ0n) is 11.3. The van der Waals surface area contributed by atoms with Gasteiger partial charge in [0.05, 0.1) is 4.92 Å². The van der Waals surface area contributed by atoms with Gasteiger partial charge in [-0.1, -0.05) is 30.3 Å². The number of rotatable bonds is 3. The minimum atomic E-state index is -0.396. The molecule has 0 saturated heterocycles. The van der Waals surface area contributed by atoms with Crippen LogP contribution in [0.5, 0.6) is 0 Å². The highest BCUT2D eigenvalue weighted by atomic mass is 16.6. The number of nitro benzene ring substituents is 1. The molecule has 0 fully saturated rings. The van der Waals surface area contributed by atoms with Crippen LogP contribution in [0.1, 0.15) is 5.56 Å². The quantitative estimate of drug-likeness (QED) is 0.545. The highest BCUT2D eigenvalue weighted by molar-refractivity contribution is 5.73. The first-order valence-corrected chi connectivity index (χ1v) is 6.38. The van der Waals surface area contributed by atoms with Gasteiger partial charge >= 0.3 is 0 Å². The fourth-order valence-corrected chi connectivity index (χ4v) is 2.28. The topological polar surface area (TPSA) is 73.8 Å². The van der Waals surface area contributed by atoms with Gasteiger partial charge < -0.3 is 0 Å². The molecular weight excluding hydrogens is 268 g/mol. The summed E-state index contributed by atoms with van der Waals surface area (Å²) in [4.78, 5) is 10.9. The Balaban J connectivity index is 2.25. The SMILES string of the molecule is Cc1cccc([N+](=O)[O-])c1-c1nncn1-c1ccccc1. The lowest BCUT2D eigenvalue weighted by atomic mass is 10.1. The number of benzene rings is 2. The van der Waals surface area contributed by atoms with E-state index in [2.05, 4.69) is 10.2 Å². The monoisotopic (exact) mass is 280 g/mol. The predicted molar refractivity (Wildman–Crippen MR) is 78.2 cm³/mol. The fourth-order valence-electron chi connectivity index (χ4n) is 2.28. The van der Waals surface area contributed by atoms with Crippen LogP contribution in [0.25, 0.3) is 17.1 Å². The lowest BCUT2D eigenvalue weighted by Crippen LogP contribution is -2.01. The molecule has 0 radical (unpaired) electrons. The Morgan fingerprint density at radius 1 is 1.10 bits per heavy atom. The predicted octanol–water partition coefficient (Wildman–Crippen LogP) is 3.15. The molecule has 0 spiro atoms. The molecule has 0 aliphatic carbocycles. The third-order valence-electron chi connectivity index (χ3n) is 3.25. The first-order valence-electron chi connectivity index (χ1n) is 6.38. The van der Waals surface area contributed by atoms with Gasteiger partial charge in [-0.2, -0.15) is 0 Å². The molecule has 3 aromatic rings. The van der Waals surface area contributed by atoms with Gasteiger partial charge in [0.25, 0.3) is 5.69 Å². The summed E-state index contributed by atoms with van der Waals surface area (Å²) in [7, 11) is 0. The van der Waals surface area contributed by atoms with Crippen LogP contribution in [0.15, 0.2) is 54.9 Å². The van der Waals surface area contributed by atoms with Gasteiger partial charge in [-0.3, -0.25) is 14.7 Å². The first kappa shape index (κ1) is 13.0. The van der Waals surface area contributed by atoms with Crippen LogP contribution in [0.4, 0.5) is 5.69 Å². The molecule has 1 heterocycles. The Bertz CT molecular complexity index is 796. The Morgan fingerprint density at radius 3 is 2.57 bits per heavy atom. The van der Waals surface area contributed by atoms with Gasteiger partial charge in [-0.05, 0) is 24.6 Å². The van der Waals surface area contributed by atoms with E-state index in [1.54, 1.807) is 17.0 Å². The molecule has 2 aromatic carbocycles. The van der Waals surface area contributed by atoms with Crippen LogP contribution in [-0.4, -0.2) is 19.7 Å². The summed E-state index contributed by atoms with van der Waals surface area (Å²) in [5.74, 6) is 0.464. The van der Waals surface area contributed by atoms with E-state index in [9.17, 15) is 10.1 Å². The van der Waals surface area contributed by atoms with Gasteiger partial charge in [-0.25, -0.2) is 0 Å². The van der Waals surface area contributed by atoms with Crippen molar-refractivity contribution in [2.75, 3.05) is 0 Å². The molecule has 104 valence electrons. The van der Waals surface area contributed by atoms with E-state index in [0.717, 1.165) is 11.3 Å². The van der Waals surface area contributed by atoms with Crippen molar-refractivity contribution in [2.24, 2.45) is 0 Å². The largest absolute Gasteiger partial charge is 0.281 e. The average molecular weight is 280 g/mol. The minimum absolute atomic E-state index is 0.0279. The summed E-state index contributed by atoms with van der Waals surface area (Å²) in [6.07, 6.45) is 1.56. The van der Waals surface area contributed by atoms with Crippen molar-refractivity contribution in [2.45, 2.75) is 6.92 Å². The number of aromatic nitrogens is 3. The highest BCUT2D eigenvalue weighted by Crippen LogP contribution is 2.32. The van der Waals surface area contributed by atoms with Crippen LogP contribution >= 0.6 is 0 Å². The second kappa shape index (κ2) is 5.16. The summed E-state index contributed by atoms with van der Waals surface area (Å²) >= 11 is 0. The second-order valence-electron chi connectivity index (χ2n) is 4.59. The fraction of sp³-hybridized carbons (Fsp3) is 0.0667. The minimum Gasteiger partial charge on any atom is -0.281 e. The lowest BCUT2D eigenvalue weighted by molar-refractivity contribution is -0.384. The van der Waals surface area contributed by atoms with Crippen LogP contribution in [-0.2, 0) is 0 Å². The van der Waals surface area contributed by atoms with Crippen molar-refractivity contribution in [3.05, 3.63) is 70.5 Å². The van der Waals surface area contributed by atoms with Crippen molar-refractivity contribution in [3.63, 3.8) is 0 Å². The molecule has 0 aliphatic heterocycles. The summed E-state index contributed by atoms with van der Waals surface area (Å²) in [6, 6.07) is 14.5. The lowest BCUT2D eigenvalue weighted by Gasteiger charge is -2.09. The highest BCUT2D eigenvalue weighted by Gasteiger charge is 2.22. The number of hydrogen-bond donors (Lipinski definition) is 0. The molecular formula is C15H12N4O2. The van der Waals surface area contributed by atoms with E-state index in [0.29, 0.717) is 11.4 Å². The van der Waals surface area contributed by atoms with Crippen LogP contribution in [0, 0.1) is 17.0 Å². The Kier molecular flexibility index (Phi) is 3.19. The van der Waals surface area contributed by atoms with Crippen molar-refractivity contribution in [1.82, 2.24) is 14.8 Å². The number of nitro groups is 1. The molecule has 6 nitrogen and oxygen atoms in total. The third-order valence-corrected chi connectivity index (χ3v) is 3.25. The van der Waals surface area contributed by atoms with Crippen LogP contribution in [0.3, 0.4) is 0 Å². The van der Waals surface area contributed by atoms with Crippen molar-refractivity contribution >= 4 is 5.69 Å². The Morgan fingerprint density at radius 2 is 1.86 bits per heavy atom. The van der Waals surface area contributed by atoms with Crippen LogP contribution < -0.4 is 0 Å². The molecule has 21 heavy (non-hydrogen) atoms. The molecule has 3 rings (SSSR count). The van der Waals surface area contributed by atoms with E-state index in [-0.39, 0.29) is 5.69 Å². The van der Waals surface area contributed by atoms with Gasteiger partial charge in [0.1, 0.15) is 11.9 Å². The maximum absolute atomic E-state index is 11.3. The zero-order chi connectivity index (χ0) is 14.8. The average Bonchev–Trinajstić information content (AvgIpc) is 2.96. The summed E-state index contributed by atoms with van der Waals surface area (Å²) in [5.41, 5.74) is 2.16. The van der Waals surface area contributed by atoms with Gasteiger partial charge in [-0.15, -0.1) is 10.2 Å². The second-order valence-corrected chi connectivity index (χ2v) is 4.59. The normalized spacial score (nSPS) is 10.5. The van der Waals surface area contributed by atoms with E-state index in [1.165, 1.54) is 6.07 Å². The third kappa shape index (κ3) is 2.27. The molecule has 1 aromatic heterocycles. The van der Waals surface area contributed by atoms with Crippen molar-refractivity contribution in [3.8, 4) is 17.1 Å². The molecule has 6 heteroatoms. The molecule has 0 unspecified atom stereocenters. The van der Waals surface area contributed by atoms with Gasteiger partial charge in [0, 0.05) is 11.8 Å². The summed E-state index contributed by atoms with van der Waals surface area (Å²) in [5, 5.41) is 19.2. The zero-order valence-corrected chi connectivity index (χ0v) is 11.3. The number of aryl methyl sites for hydroxylation is 1. The summed E-state index contributed by atoms with van der Waals surface area (Å²) < 4.78 is 1.75. The number of para-hydroxylation sites is 1. The Labute approximate surface area is 120 Å². The molecule has 0 amide bonds. The van der Waals surface area contributed by atoms with Gasteiger partial charge in [0.15, 0.2) is 5.82 Å². The first-order chi connectivity index (χ1) is 10.2. The summed E-state index contributed by atoms with van der Waals surface area (Å²) in [6.45, 7) is 1.83. The van der Waals surface area contributed by atoms with Crippen molar-refractivity contribution < 1.29 is 4.92 Å². The molecule has 0 N–H and O–H groups in total.